The number of hydrogen-bond acceptors (Lipinski definition) is 3. The molecule has 72 valence electrons. The smallest absolute Gasteiger partial charge is 0.147 e. The molecule has 0 saturated heterocycles. The van der Waals surface area contributed by atoms with Gasteiger partial charge in [-0.1, -0.05) is 30.1 Å². The molecule has 1 aromatic heterocycles. The standard InChI is InChI=1S/C8H10Cl2N2O/c1-5(4-13-11)6-2-7(9)8(10)12-3-6/h2-3,5H,4,11H2,1H3. The number of nitrogens with two attached hydrogens (primary N) is 1. The minimum Gasteiger partial charge on any atom is -0.304 e. The van der Waals surface area contributed by atoms with E-state index in [0.29, 0.717) is 16.8 Å². The molecule has 5 heteroatoms. The maximum Gasteiger partial charge on any atom is 0.147 e. The maximum atomic E-state index is 5.79. The molecule has 0 bridgehead atoms. The van der Waals surface area contributed by atoms with E-state index in [4.69, 9.17) is 29.1 Å². The minimum atomic E-state index is 0.160. The average Bonchev–Trinajstić information content (AvgIpc) is 2.10. The summed E-state index contributed by atoms with van der Waals surface area (Å²) in [6.07, 6.45) is 1.66. The van der Waals surface area contributed by atoms with Crippen LogP contribution in [0.4, 0.5) is 0 Å². The third-order valence-electron chi connectivity index (χ3n) is 1.73. The lowest BCUT2D eigenvalue weighted by Crippen LogP contribution is -2.08. The van der Waals surface area contributed by atoms with Gasteiger partial charge in [0.15, 0.2) is 0 Å². The van der Waals surface area contributed by atoms with Crippen LogP contribution in [0.25, 0.3) is 0 Å². The van der Waals surface area contributed by atoms with Crippen LogP contribution < -0.4 is 5.90 Å². The van der Waals surface area contributed by atoms with Gasteiger partial charge in [-0.15, -0.1) is 0 Å². The summed E-state index contributed by atoms with van der Waals surface area (Å²) >= 11 is 11.5. The Labute approximate surface area is 86.8 Å². The summed E-state index contributed by atoms with van der Waals surface area (Å²) in [6.45, 7) is 2.40. The molecule has 0 aliphatic carbocycles. The van der Waals surface area contributed by atoms with Gasteiger partial charge in [-0.2, -0.15) is 0 Å². The molecule has 1 atom stereocenters. The molecule has 0 fully saturated rings. The van der Waals surface area contributed by atoms with E-state index < -0.39 is 0 Å². The number of aromatic nitrogens is 1. The highest BCUT2D eigenvalue weighted by Gasteiger charge is 2.08. The Morgan fingerprint density at radius 1 is 1.62 bits per heavy atom. The maximum absolute atomic E-state index is 5.79. The summed E-state index contributed by atoms with van der Waals surface area (Å²) in [4.78, 5) is 8.44. The predicted octanol–water partition coefficient (Wildman–Crippen LogP) is 2.38. The van der Waals surface area contributed by atoms with Crippen molar-refractivity contribution >= 4 is 23.2 Å². The molecule has 2 N–H and O–H groups in total. The quantitative estimate of drug-likeness (QED) is 0.629. The van der Waals surface area contributed by atoms with Crippen molar-refractivity contribution in [1.82, 2.24) is 4.98 Å². The van der Waals surface area contributed by atoms with Crippen LogP contribution in [0.5, 0.6) is 0 Å². The molecule has 0 radical (unpaired) electrons. The van der Waals surface area contributed by atoms with Gasteiger partial charge in [0.05, 0.1) is 11.6 Å². The zero-order valence-electron chi connectivity index (χ0n) is 7.13. The van der Waals surface area contributed by atoms with E-state index in [0.717, 1.165) is 5.56 Å². The van der Waals surface area contributed by atoms with Gasteiger partial charge in [0.2, 0.25) is 0 Å². The summed E-state index contributed by atoms with van der Waals surface area (Å²) in [7, 11) is 0. The molecule has 13 heavy (non-hydrogen) atoms. The number of hydrogen-bond donors (Lipinski definition) is 1. The second-order valence-corrected chi connectivity index (χ2v) is 3.54. The molecule has 0 aliphatic heterocycles. The molecule has 0 aromatic carbocycles. The van der Waals surface area contributed by atoms with Crippen molar-refractivity contribution in [3.05, 3.63) is 28.0 Å². The van der Waals surface area contributed by atoms with Crippen LogP contribution in [-0.4, -0.2) is 11.6 Å². The van der Waals surface area contributed by atoms with Gasteiger partial charge in [0.25, 0.3) is 0 Å². The van der Waals surface area contributed by atoms with Crippen molar-refractivity contribution in [2.24, 2.45) is 5.90 Å². The van der Waals surface area contributed by atoms with E-state index in [2.05, 4.69) is 9.82 Å². The Hall–Kier alpha value is -0.350. The predicted molar refractivity (Wildman–Crippen MR) is 52.8 cm³/mol. The third kappa shape index (κ3) is 2.81. The molecule has 0 amide bonds. The first-order chi connectivity index (χ1) is 6.15. The van der Waals surface area contributed by atoms with Crippen molar-refractivity contribution in [3.63, 3.8) is 0 Å². The van der Waals surface area contributed by atoms with Gasteiger partial charge in [-0.25, -0.2) is 10.9 Å². The van der Waals surface area contributed by atoms with E-state index in [9.17, 15) is 0 Å². The highest BCUT2D eigenvalue weighted by Crippen LogP contribution is 2.23. The Kier molecular flexibility index (Phi) is 3.93. The molecule has 1 unspecified atom stereocenters. The van der Waals surface area contributed by atoms with Crippen LogP contribution in [-0.2, 0) is 4.84 Å². The van der Waals surface area contributed by atoms with E-state index in [1.54, 1.807) is 12.3 Å². The van der Waals surface area contributed by atoms with Crippen molar-refractivity contribution < 1.29 is 4.84 Å². The lowest BCUT2D eigenvalue weighted by Gasteiger charge is -2.09. The van der Waals surface area contributed by atoms with E-state index in [1.807, 2.05) is 6.92 Å². The summed E-state index contributed by atoms with van der Waals surface area (Å²) in [5.41, 5.74) is 0.958. The fourth-order valence-corrected chi connectivity index (χ4v) is 1.22. The number of pyridine rings is 1. The highest BCUT2D eigenvalue weighted by molar-refractivity contribution is 6.41. The molecule has 3 nitrogen and oxygen atoms in total. The summed E-state index contributed by atoms with van der Waals surface area (Å²) in [6, 6.07) is 1.76. The van der Waals surface area contributed by atoms with Gasteiger partial charge in [0.1, 0.15) is 5.15 Å². The third-order valence-corrected chi connectivity index (χ3v) is 2.42. The molecule has 1 aromatic rings. The second kappa shape index (κ2) is 4.77. The molecular weight excluding hydrogens is 211 g/mol. The average molecular weight is 221 g/mol. The number of rotatable bonds is 3. The lowest BCUT2D eigenvalue weighted by atomic mass is 10.1. The highest BCUT2D eigenvalue weighted by atomic mass is 35.5. The first-order valence-corrected chi connectivity index (χ1v) is 4.53. The van der Waals surface area contributed by atoms with Crippen molar-refractivity contribution in [2.45, 2.75) is 12.8 Å². The van der Waals surface area contributed by atoms with Gasteiger partial charge >= 0.3 is 0 Å². The lowest BCUT2D eigenvalue weighted by molar-refractivity contribution is 0.126. The van der Waals surface area contributed by atoms with Gasteiger partial charge in [0, 0.05) is 12.1 Å². The van der Waals surface area contributed by atoms with Crippen molar-refractivity contribution in [1.29, 1.82) is 0 Å². The van der Waals surface area contributed by atoms with E-state index in [-0.39, 0.29) is 5.92 Å². The zero-order valence-corrected chi connectivity index (χ0v) is 8.64. The van der Waals surface area contributed by atoms with Crippen LogP contribution in [0.1, 0.15) is 18.4 Å². The Balaban J connectivity index is 2.84. The fraction of sp³-hybridized carbons (Fsp3) is 0.375. The SMILES string of the molecule is CC(CON)c1cnc(Cl)c(Cl)c1. The van der Waals surface area contributed by atoms with Crippen LogP contribution >= 0.6 is 23.2 Å². The summed E-state index contributed by atoms with van der Waals surface area (Å²) in [5.74, 6) is 5.11. The first kappa shape index (κ1) is 10.7. The van der Waals surface area contributed by atoms with Crippen LogP contribution in [0.15, 0.2) is 12.3 Å². The Morgan fingerprint density at radius 2 is 2.31 bits per heavy atom. The fourth-order valence-electron chi connectivity index (χ4n) is 0.946. The second-order valence-electron chi connectivity index (χ2n) is 2.78. The van der Waals surface area contributed by atoms with Crippen molar-refractivity contribution in [3.8, 4) is 0 Å². The van der Waals surface area contributed by atoms with E-state index >= 15 is 0 Å². The molecule has 0 aliphatic rings. The van der Waals surface area contributed by atoms with Gasteiger partial charge in [-0.3, -0.25) is 0 Å². The first-order valence-electron chi connectivity index (χ1n) is 3.77. The number of halogens is 2. The van der Waals surface area contributed by atoms with E-state index in [1.165, 1.54) is 0 Å². The molecule has 0 spiro atoms. The molecular formula is C8H10Cl2N2O. The van der Waals surface area contributed by atoms with Crippen LogP contribution in [0.3, 0.4) is 0 Å². The monoisotopic (exact) mass is 220 g/mol. The van der Waals surface area contributed by atoms with Crippen LogP contribution in [0, 0.1) is 0 Å². The number of nitrogens with zero attached hydrogens (tertiary/aromatic N) is 1. The van der Waals surface area contributed by atoms with Crippen molar-refractivity contribution in [2.75, 3.05) is 6.61 Å². The zero-order chi connectivity index (χ0) is 9.84. The normalized spacial score (nSPS) is 12.9. The van der Waals surface area contributed by atoms with Gasteiger partial charge < -0.3 is 4.84 Å². The molecule has 0 saturated carbocycles. The Morgan fingerprint density at radius 3 is 2.85 bits per heavy atom. The van der Waals surface area contributed by atoms with Crippen LogP contribution in [0.2, 0.25) is 10.2 Å². The topological polar surface area (TPSA) is 48.1 Å². The Bertz CT molecular complexity index is 293. The van der Waals surface area contributed by atoms with Gasteiger partial charge in [-0.05, 0) is 11.6 Å². The molecule has 1 rings (SSSR count). The summed E-state index contributed by atoms with van der Waals surface area (Å²) in [5, 5.41) is 0.759. The largest absolute Gasteiger partial charge is 0.304 e. The molecule has 1 heterocycles. The summed E-state index contributed by atoms with van der Waals surface area (Å²) < 4.78 is 0. The minimum absolute atomic E-state index is 0.160.